The van der Waals surface area contributed by atoms with Crippen molar-refractivity contribution < 1.29 is 19.2 Å². The maximum absolute atomic E-state index is 13.0. The molecule has 0 spiro atoms. The maximum atomic E-state index is 13.0. The van der Waals surface area contributed by atoms with Crippen LogP contribution in [0.25, 0.3) is 6.08 Å². The fourth-order valence-corrected chi connectivity index (χ4v) is 4.24. The van der Waals surface area contributed by atoms with Gasteiger partial charge in [-0.2, -0.15) is 0 Å². The average Bonchev–Trinajstić information content (AvgIpc) is 3.25. The summed E-state index contributed by atoms with van der Waals surface area (Å²) in [6.45, 7) is 0.000993. The zero-order chi connectivity index (χ0) is 20.7. The van der Waals surface area contributed by atoms with Gasteiger partial charge in [-0.1, -0.05) is 24.0 Å². The Morgan fingerprint density at radius 1 is 1.21 bits per heavy atom. The summed E-state index contributed by atoms with van der Waals surface area (Å²) in [5.74, 6) is 0.378. The van der Waals surface area contributed by atoms with Crippen LogP contribution in [-0.4, -0.2) is 36.0 Å². The van der Waals surface area contributed by atoms with Crippen molar-refractivity contribution in [3.05, 3.63) is 57.0 Å². The van der Waals surface area contributed by atoms with Crippen LogP contribution < -0.4 is 19.3 Å². The lowest BCUT2D eigenvalue weighted by Crippen LogP contribution is -2.27. The number of hydrogen-bond acceptors (Lipinski definition) is 8. The summed E-state index contributed by atoms with van der Waals surface area (Å²) in [6, 6.07) is 10.2. The highest BCUT2D eigenvalue weighted by Crippen LogP contribution is 2.41. The average molecular weight is 429 g/mol. The summed E-state index contributed by atoms with van der Waals surface area (Å²) in [4.78, 5) is 27.6. The molecule has 0 aliphatic carbocycles. The highest BCUT2D eigenvalue weighted by molar-refractivity contribution is 8.27. The molecule has 0 bridgehead atoms. The van der Waals surface area contributed by atoms with E-state index >= 15 is 0 Å². The van der Waals surface area contributed by atoms with E-state index in [4.69, 9.17) is 21.7 Å². The van der Waals surface area contributed by atoms with Gasteiger partial charge in [-0.3, -0.25) is 19.8 Å². The molecule has 1 saturated heterocycles. The number of carbonyl (C=O) groups excluding carboxylic acids is 1. The minimum atomic E-state index is -0.519. The van der Waals surface area contributed by atoms with E-state index in [0.29, 0.717) is 26.4 Å². The first-order chi connectivity index (χ1) is 13.8. The quantitative estimate of drug-likeness (QED) is 0.314. The molecule has 2 aliphatic rings. The van der Waals surface area contributed by atoms with E-state index in [1.54, 1.807) is 0 Å². The van der Waals surface area contributed by atoms with Crippen molar-refractivity contribution in [2.75, 3.05) is 30.7 Å². The van der Waals surface area contributed by atoms with Crippen molar-refractivity contribution in [2.45, 2.75) is 0 Å². The second-order valence-electron chi connectivity index (χ2n) is 6.45. The van der Waals surface area contributed by atoms with Crippen molar-refractivity contribution in [1.29, 1.82) is 0 Å². The van der Waals surface area contributed by atoms with Crippen LogP contribution in [0.15, 0.2) is 41.3 Å². The van der Waals surface area contributed by atoms with E-state index in [2.05, 4.69) is 0 Å². The van der Waals surface area contributed by atoms with Gasteiger partial charge in [0.25, 0.3) is 11.6 Å². The number of benzene rings is 2. The second kappa shape index (κ2) is 7.37. The first kappa shape index (κ1) is 19.2. The van der Waals surface area contributed by atoms with E-state index in [1.807, 2.05) is 43.3 Å². The zero-order valence-corrected chi connectivity index (χ0v) is 17.1. The number of nitro groups is 1. The molecule has 8 nitrogen and oxygen atoms in total. The molecule has 0 N–H and O–H groups in total. The second-order valence-corrected chi connectivity index (χ2v) is 8.13. The number of carbonyl (C=O) groups is 1. The highest BCUT2D eigenvalue weighted by atomic mass is 32.2. The number of rotatable bonds is 4. The monoisotopic (exact) mass is 429 g/mol. The number of thioether (sulfide) groups is 1. The van der Waals surface area contributed by atoms with Crippen LogP contribution in [0.5, 0.6) is 11.5 Å². The number of ether oxygens (including phenoxy) is 2. The predicted molar refractivity (Wildman–Crippen MR) is 116 cm³/mol. The number of anilines is 2. The van der Waals surface area contributed by atoms with E-state index in [-0.39, 0.29) is 24.0 Å². The molecule has 148 valence electrons. The normalized spacial score (nSPS) is 16.6. The molecule has 1 fully saturated rings. The van der Waals surface area contributed by atoms with Gasteiger partial charge in [0, 0.05) is 19.8 Å². The Kier molecular flexibility index (Phi) is 4.89. The van der Waals surface area contributed by atoms with Crippen molar-refractivity contribution in [1.82, 2.24) is 0 Å². The highest BCUT2D eigenvalue weighted by Gasteiger charge is 2.34. The summed E-state index contributed by atoms with van der Waals surface area (Å²) in [5, 5.41) is 11.5. The number of thiocarbonyl (C=S) groups is 1. The molecule has 0 aromatic heterocycles. The number of hydrogen-bond donors (Lipinski definition) is 0. The van der Waals surface area contributed by atoms with Crippen LogP contribution in [0.3, 0.4) is 0 Å². The smallest absolute Gasteiger partial charge is 0.280 e. The molecule has 0 saturated carbocycles. The third-order valence-electron chi connectivity index (χ3n) is 4.42. The van der Waals surface area contributed by atoms with Crippen LogP contribution in [0.2, 0.25) is 0 Å². The van der Waals surface area contributed by atoms with Crippen molar-refractivity contribution >= 4 is 57.3 Å². The Hall–Kier alpha value is -3.11. The van der Waals surface area contributed by atoms with Gasteiger partial charge < -0.3 is 14.4 Å². The minimum absolute atomic E-state index is 0.000993. The van der Waals surface area contributed by atoms with Crippen LogP contribution in [0.4, 0.5) is 17.1 Å². The Morgan fingerprint density at radius 3 is 2.48 bits per heavy atom. The topological polar surface area (TPSA) is 85.2 Å². The lowest BCUT2D eigenvalue weighted by molar-refractivity contribution is -0.385. The van der Waals surface area contributed by atoms with E-state index in [9.17, 15) is 14.9 Å². The predicted octanol–water partition coefficient (Wildman–Crippen LogP) is 3.80. The lowest BCUT2D eigenvalue weighted by Gasteiger charge is -2.17. The largest absolute Gasteiger partial charge is 0.454 e. The molecule has 2 aromatic rings. The summed E-state index contributed by atoms with van der Waals surface area (Å²) in [5.41, 5.74) is 1.71. The number of amides is 1. The molecule has 0 atom stereocenters. The first-order valence-corrected chi connectivity index (χ1v) is 9.71. The van der Waals surface area contributed by atoms with Crippen LogP contribution in [-0.2, 0) is 4.79 Å². The summed E-state index contributed by atoms with van der Waals surface area (Å²) in [6.07, 6.45) is 1.47. The van der Waals surface area contributed by atoms with Gasteiger partial charge in [0.1, 0.15) is 0 Å². The standard InChI is InChI=1S/C19H15N3O5S2/c1-20(2)12-3-5-13(6-4-12)21-18(23)17(29-19(21)28)8-11-7-15-16(27-10-26-15)9-14(11)22(24)25/h3-9H,10H2,1-2H3/b17-8-. The van der Waals surface area contributed by atoms with Gasteiger partial charge in [0.2, 0.25) is 6.79 Å². The molecule has 10 heteroatoms. The molecule has 0 unspecified atom stereocenters. The van der Waals surface area contributed by atoms with Gasteiger partial charge in [-0.15, -0.1) is 0 Å². The Bertz CT molecular complexity index is 1070. The van der Waals surface area contributed by atoms with E-state index in [1.165, 1.54) is 23.1 Å². The molecule has 2 aliphatic heterocycles. The van der Waals surface area contributed by atoms with Crippen molar-refractivity contribution in [3.8, 4) is 11.5 Å². The van der Waals surface area contributed by atoms with Crippen LogP contribution >= 0.6 is 24.0 Å². The fourth-order valence-electron chi connectivity index (χ4n) is 2.95. The Morgan fingerprint density at radius 2 is 1.86 bits per heavy atom. The number of fused-ring (bicyclic) bond motifs is 1. The van der Waals surface area contributed by atoms with E-state index in [0.717, 1.165) is 17.4 Å². The molecule has 4 rings (SSSR count). The molecule has 29 heavy (non-hydrogen) atoms. The summed E-state index contributed by atoms with van der Waals surface area (Å²) in [7, 11) is 3.85. The Balaban J connectivity index is 1.69. The third-order valence-corrected chi connectivity index (χ3v) is 5.73. The lowest BCUT2D eigenvalue weighted by atomic mass is 10.1. The third kappa shape index (κ3) is 3.52. The molecular formula is C19H15N3O5S2. The minimum Gasteiger partial charge on any atom is -0.454 e. The SMILES string of the molecule is CN(C)c1ccc(N2C(=O)/C(=C/c3cc4c(cc3[N+](=O)[O-])OCO4)SC2=S)cc1. The van der Waals surface area contributed by atoms with Crippen LogP contribution in [0.1, 0.15) is 5.56 Å². The van der Waals surface area contributed by atoms with Gasteiger partial charge in [0.05, 0.1) is 27.1 Å². The zero-order valence-electron chi connectivity index (χ0n) is 15.4. The molecule has 1 amide bonds. The Labute approximate surface area is 175 Å². The number of nitrogens with zero attached hydrogens (tertiary/aromatic N) is 3. The van der Waals surface area contributed by atoms with Crippen molar-refractivity contribution in [3.63, 3.8) is 0 Å². The molecule has 0 radical (unpaired) electrons. The van der Waals surface area contributed by atoms with E-state index < -0.39 is 4.92 Å². The van der Waals surface area contributed by atoms with Crippen LogP contribution in [0, 0.1) is 10.1 Å². The maximum Gasteiger partial charge on any atom is 0.280 e. The molecule has 2 aromatic carbocycles. The molecule has 2 heterocycles. The van der Waals surface area contributed by atoms with Crippen molar-refractivity contribution in [2.24, 2.45) is 0 Å². The van der Waals surface area contributed by atoms with Gasteiger partial charge in [-0.05, 0) is 36.4 Å². The first-order valence-electron chi connectivity index (χ1n) is 8.48. The summed E-state index contributed by atoms with van der Waals surface area (Å²) >= 11 is 6.48. The fraction of sp³-hybridized carbons (Fsp3) is 0.158. The van der Waals surface area contributed by atoms with Gasteiger partial charge in [0.15, 0.2) is 15.8 Å². The van der Waals surface area contributed by atoms with Gasteiger partial charge in [-0.25, -0.2) is 0 Å². The summed E-state index contributed by atoms with van der Waals surface area (Å²) < 4.78 is 10.9. The van der Waals surface area contributed by atoms with Gasteiger partial charge >= 0.3 is 0 Å². The number of nitro benzene ring substituents is 1. The molecular weight excluding hydrogens is 414 g/mol.